The van der Waals surface area contributed by atoms with E-state index < -0.39 is 0 Å². The minimum atomic E-state index is 0.160. The molecule has 0 saturated carbocycles. The van der Waals surface area contributed by atoms with Crippen molar-refractivity contribution in [3.63, 3.8) is 0 Å². The molecule has 0 unspecified atom stereocenters. The van der Waals surface area contributed by atoms with Crippen molar-refractivity contribution in [1.29, 1.82) is 0 Å². The molecule has 5 nitrogen and oxygen atoms in total. The molecule has 2 aliphatic heterocycles. The van der Waals surface area contributed by atoms with Crippen LogP contribution in [0.2, 0.25) is 0 Å². The molecule has 0 amide bonds. The third-order valence-corrected chi connectivity index (χ3v) is 4.64. The van der Waals surface area contributed by atoms with Crippen LogP contribution in [0.15, 0.2) is 41.5 Å². The maximum Gasteiger partial charge on any atom is 0.129 e. The number of anilines is 1. The van der Waals surface area contributed by atoms with Crippen LogP contribution in [0.1, 0.15) is 30.5 Å². The first-order valence-electron chi connectivity index (χ1n) is 8.72. The summed E-state index contributed by atoms with van der Waals surface area (Å²) in [5, 5.41) is 0. The van der Waals surface area contributed by atoms with E-state index in [-0.39, 0.29) is 6.10 Å². The topological polar surface area (TPSA) is 47.0 Å². The Morgan fingerprint density at radius 2 is 2.00 bits per heavy atom. The largest absolute Gasteiger partial charge is 0.491 e. The van der Waals surface area contributed by atoms with Crippen molar-refractivity contribution in [2.24, 2.45) is 4.99 Å². The Morgan fingerprint density at radius 1 is 1.16 bits per heavy atom. The van der Waals surface area contributed by atoms with E-state index in [1.807, 2.05) is 32.2 Å². The first kappa shape index (κ1) is 16.1. The molecular weight excluding hydrogens is 314 g/mol. The molecule has 1 aromatic heterocycles. The zero-order valence-electron chi connectivity index (χ0n) is 14.9. The Bertz CT molecular complexity index is 810. The Hall–Kier alpha value is -2.40. The zero-order chi connectivity index (χ0) is 17.4. The molecule has 1 fully saturated rings. The SMILES string of the molecule is COC1CN(c2cc(C3=NCc4ccc(OC(C)C)cc43)ccn2)C1. The number of ether oxygens (including phenoxy) is 2. The Morgan fingerprint density at radius 3 is 2.76 bits per heavy atom. The monoisotopic (exact) mass is 337 g/mol. The molecule has 2 aromatic rings. The molecule has 1 saturated heterocycles. The molecule has 0 aliphatic carbocycles. The van der Waals surface area contributed by atoms with E-state index in [1.54, 1.807) is 7.11 Å². The highest BCUT2D eigenvalue weighted by molar-refractivity contribution is 6.15. The van der Waals surface area contributed by atoms with Crippen LogP contribution in [0, 0.1) is 0 Å². The molecule has 25 heavy (non-hydrogen) atoms. The number of hydrogen-bond acceptors (Lipinski definition) is 5. The van der Waals surface area contributed by atoms with E-state index in [2.05, 4.69) is 28.1 Å². The summed E-state index contributed by atoms with van der Waals surface area (Å²) in [6, 6.07) is 10.4. The van der Waals surface area contributed by atoms with E-state index in [0.717, 1.165) is 48.0 Å². The smallest absolute Gasteiger partial charge is 0.129 e. The third kappa shape index (κ3) is 3.12. The first-order chi connectivity index (χ1) is 12.1. The van der Waals surface area contributed by atoms with E-state index in [1.165, 1.54) is 5.56 Å². The van der Waals surface area contributed by atoms with Gasteiger partial charge < -0.3 is 14.4 Å². The lowest BCUT2D eigenvalue weighted by atomic mass is 10.00. The van der Waals surface area contributed by atoms with Gasteiger partial charge in [-0.1, -0.05) is 6.07 Å². The molecule has 2 aliphatic rings. The maximum atomic E-state index is 5.85. The number of fused-ring (bicyclic) bond motifs is 1. The third-order valence-electron chi connectivity index (χ3n) is 4.64. The normalized spacial score (nSPS) is 16.6. The molecule has 0 atom stereocenters. The highest BCUT2D eigenvalue weighted by Crippen LogP contribution is 2.29. The van der Waals surface area contributed by atoms with Crippen LogP contribution in [0.25, 0.3) is 0 Å². The van der Waals surface area contributed by atoms with E-state index >= 15 is 0 Å². The summed E-state index contributed by atoms with van der Waals surface area (Å²) in [6.07, 6.45) is 2.33. The summed E-state index contributed by atoms with van der Waals surface area (Å²) in [7, 11) is 1.76. The highest BCUT2D eigenvalue weighted by Gasteiger charge is 2.28. The number of nitrogens with zero attached hydrogens (tertiary/aromatic N) is 3. The predicted molar refractivity (Wildman–Crippen MR) is 98.8 cm³/mol. The van der Waals surface area contributed by atoms with Gasteiger partial charge in [-0.2, -0.15) is 0 Å². The summed E-state index contributed by atoms with van der Waals surface area (Å²) < 4.78 is 11.2. The van der Waals surface area contributed by atoms with E-state index in [9.17, 15) is 0 Å². The molecule has 5 heteroatoms. The fourth-order valence-electron chi connectivity index (χ4n) is 3.27. The average molecular weight is 337 g/mol. The Balaban J connectivity index is 1.60. The van der Waals surface area contributed by atoms with Crippen molar-refractivity contribution in [1.82, 2.24) is 4.98 Å². The summed E-state index contributed by atoms with van der Waals surface area (Å²) in [5.41, 5.74) is 4.53. The quantitative estimate of drug-likeness (QED) is 0.841. The highest BCUT2D eigenvalue weighted by atomic mass is 16.5. The number of methoxy groups -OCH3 is 1. The fourth-order valence-corrected chi connectivity index (χ4v) is 3.27. The van der Waals surface area contributed by atoms with Crippen LogP contribution in [-0.2, 0) is 11.3 Å². The van der Waals surface area contributed by atoms with E-state index in [0.29, 0.717) is 6.10 Å². The van der Waals surface area contributed by atoms with Crippen molar-refractivity contribution < 1.29 is 9.47 Å². The zero-order valence-corrected chi connectivity index (χ0v) is 14.9. The van der Waals surface area contributed by atoms with Crippen LogP contribution in [0.5, 0.6) is 5.75 Å². The second kappa shape index (κ2) is 6.48. The van der Waals surface area contributed by atoms with Crippen LogP contribution in [0.3, 0.4) is 0 Å². The average Bonchev–Trinajstić information content (AvgIpc) is 2.97. The Kier molecular flexibility index (Phi) is 4.17. The lowest BCUT2D eigenvalue weighted by molar-refractivity contribution is 0.0783. The molecule has 3 heterocycles. The number of aliphatic imine (C=N–C) groups is 1. The van der Waals surface area contributed by atoms with Crippen LogP contribution < -0.4 is 9.64 Å². The first-order valence-corrected chi connectivity index (χ1v) is 8.72. The van der Waals surface area contributed by atoms with Gasteiger partial charge in [-0.05, 0) is 43.7 Å². The molecule has 0 N–H and O–H groups in total. The maximum absolute atomic E-state index is 5.85. The minimum absolute atomic E-state index is 0.160. The molecule has 4 rings (SSSR count). The number of rotatable bonds is 5. The van der Waals surface area contributed by atoms with Crippen LogP contribution >= 0.6 is 0 Å². The van der Waals surface area contributed by atoms with Gasteiger partial charge in [-0.15, -0.1) is 0 Å². The molecule has 0 radical (unpaired) electrons. The summed E-state index contributed by atoms with van der Waals surface area (Å²) in [5.74, 6) is 1.87. The molecule has 0 spiro atoms. The van der Waals surface area contributed by atoms with Gasteiger partial charge in [0, 0.05) is 37.5 Å². The predicted octanol–water partition coefficient (Wildman–Crippen LogP) is 3.05. The summed E-state index contributed by atoms with van der Waals surface area (Å²) in [6.45, 7) is 6.58. The summed E-state index contributed by atoms with van der Waals surface area (Å²) in [4.78, 5) is 11.5. The molecule has 0 bridgehead atoms. The van der Waals surface area contributed by atoms with Crippen LogP contribution in [-0.4, -0.2) is 43.1 Å². The molecule has 130 valence electrons. The van der Waals surface area contributed by atoms with Crippen LogP contribution in [0.4, 0.5) is 5.82 Å². The minimum Gasteiger partial charge on any atom is -0.491 e. The fraction of sp³-hybridized carbons (Fsp3) is 0.400. The number of pyridine rings is 1. The van der Waals surface area contributed by atoms with Crippen molar-refractivity contribution in [2.75, 3.05) is 25.1 Å². The second-order valence-electron chi connectivity index (χ2n) is 6.82. The van der Waals surface area contributed by atoms with Gasteiger partial charge in [0.15, 0.2) is 0 Å². The van der Waals surface area contributed by atoms with Crippen molar-refractivity contribution in [3.05, 3.63) is 53.2 Å². The van der Waals surface area contributed by atoms with Gasteiger partial charge in [0.05, 0.1) is 24.5 Å². The second-order valence-corrected chi connectivity index (χ2v) is 6.82. The van der Waals surface area contributed by atoms with E-state index in [4.69, 9.17) is 14.5 Å². The molecule has 1 aromatic carbocycles. The lowest BCUT2D eigenvalue weighted by Gasteiger charge is -2.39. The Labute approximate surface area is 148 Å². The molecular formula is C20H23N3O2. The van der Waals surface area contributed by atoms with Crippen molar-refractivity contribution in [3.8, 4) is 5.75 Å². The number of benzene rings is 1. The van der Waals surface area contributed by atoms with Crippen molar-refractivity contribution in [2.45, 2.75) is 32.6 Å². The van der Waals surface area contributed by atoms with Gasteiger partial charge in [0.25, 0.3) is 0 Å². The summed E-state index contributed by atoms with van der Waals surface area (Å²) >= 11 is 0. The van der Waals surface area contributed by atoms with Gasteiger partial charge in [0.1, 0.15) is 11.6 Å². The van der Waals surface area contributed by atoms with Gasteiger partial charge in [-0.3, -0.25) is 4.99 Å². The van der Waals surface area contributed by atoms with Gasteiger partial charge in [0.2, 0.25) is 0 Å². The standard InChI is InChI=1S/C20H23N3O2/c1-13(2)25-16-5-4-15-10-22-20(18(15)9-16)14-6-7-21-19(8-14)23-11-17(12-23)24-3/h4-9,13,17H,10-12H2,1-3H3. The van der Waals surface area contributed by atoms with Gasteiger partial charge >= 0.3 is 0 Å². The van der Waals surface area contributed by atoms with Gasteiger partial charge in [-0.25, -0.2) is 4.98 Å². The van der Waals surface area contributed by atoms with Crippen molar-refractivity contribution >= 4 is 11.5 Å². The lowest BCUT2D eigenvalue weighted by Crippen LogP contribution is -2.52. The number of aromatic nitrogens is 1. The number of hydrogen-bond donors (Lipinski definition) is 0.